The Hall–Kier alpha value is -1.27. The van der Waals surface area contributed by atoms with Crippen molar-refractivity contribution in [2.75, 3.05) is 36.4 Å². The first kappa shape index (κ1) is 14.8. The normalized spacial score (nSPS) is 11.7. The molecule has 3 N–H and O–H groups in total. The van der Waals surface area contributed by atoms with Crippen molar-refractivity contribution in [3.63, 3.8) is 0 Å². The van der Waals surface area contributed by atoms with Gasteiger partial charge in [0.15, 0.2) is 0 Å². The topological polar surface area (TPSA) is 75.4 Å². The van der Waals surface area contributed by atoms with E-state index in [0.29, 0.717) is 25.3 Å². The number of nitrogens with one attached hydrogen (secondary N) is 1. The van der Waals surface area contributed by atoms with Gasteiger partial charge in [0.2, 0.25) is 10.0 Å². The van der Waals surface area contributed by atoms with Crippen molar-refractivity contribution in [2.45, 2.75) is 13.8 Å². The van der Waals surface area contributed by atoms with E-state index in [4.69, 9.17) is 5.73 Å². The molecule has 0 aromatic heterocycles. The van der Waals surface area contributed by atoms with E-state index in [2.05, 4.69) is 5.32 Å². The third-order valence-corrected chi connectivity index (χ3v) is 4.72. The maximum atomic E-state index is 11.9. The number of nitrogen functional groups attached to an aromatic ring is 1. The number of sulfonamides is 1. The highest BCUT2D eigenvalue weighted by Gasteiger charge is 2.17. The average Bonchev–Trinajstić information content (AvgIpc) is 2.32. The van der Waals surface area contributed by atoms with Crippen molar-refractivity contribution < 1.29 is 8.42 Å². The smallest absolute Gasteiger partial charge is 0.215 e. The van der Waals surface area contributed by atoms with Gasteiger partial charge in [0.1, 0.15) is 0 Å². The van der Waals surface area contributed by atoms with Gasteiger partial charge in [-0.1, -0.05) is 13.8 Å². The van der Waals surface area contributed by atoms with Gasteiger partial charge in [-0.3, -0.25) is 0 Å². The number of hydrogen-bond acceptors (Lipinski definition) is 4. The van der Waals surface area contributed by atoms with Crippen molar-refractivity contribution >= 4 is 21.4 Å². The van der Waals surface area contributed by atoms with Gasteiger partial charge in [0.25, 0.3) is 0 Å². The van der Waals surface area contributed by atoms with E-state index in [9.17, 15) is 8.42 Å². The van der Waals surface area contributed by atoms with E-state index in [0.717, 1.165) is 5.69 Å². The summed E-state index contributed by atoms with van der Waals surface area (Å²) in [7, 11) is -3.15. The zero-order valence-electron chi connectivity index (χ0n) is 10.9. The van der Waals surface area contributed by atoms with Gasteiger partial charge in [0.05, 0.1) is 5.75 Å². The molecule has 0 saturated heterocycles. The highest BCUT2D eigenvalue weighted by atomic mass is 32.2. The second-order valence-corrected chi connectivity index (χ2v) is 6.04. The van der Waals surface area contributed by atoms with E-state index in [1.807, 2.05) is 26.0 Å². The summed E-state index contributed by atoms with van der Waals surface area (Å²) in [6.45, 7) is 5.10. The predicted octanol–water partition coefficient (Wildman–Crippen LogP) is 1.35. The van der Waals surface area contributed by atoms with Crippen LogP contribution >= 0.6 is 0 Å². The third kappa shape index (κ3) is 4.19. The zero-order chi connectivity index (χ0) is 13.6. The lowest BCUT2D eigenvalue weighted by Gasteiger charge is -2.18. The lowest BCUT2D eigenvalue weighted by Crippen LogP contribution is -2.34. The number of anilines is 2. The Labute approximate surface area is 109 Å². The van der Waals surface area contributed by atoms with Crippen molar-refractivity contribution in [1.29, 1.82) is 0 Å². The maximum Gasteiger partial charge on any atom is 0.215 e. The van der Waals surface area contributed by atoms with Crippen LogP contribution < -0.4 is 11.1 Å². The summed E-state index contributed by atoms with van der Waals surface area (Å²) in [6.07, 6.45) is 0. The third-order valence-electron chi connectivity index (χ3n) is 2.70. The molecule has 0 aliphatic carbocycles. The van der Waals surface area contributed by atoms with E-state index >= 15 is 0 Å². The van der Waals surface area contributed by atoms with Gasteiger partial charge in [-0.25, -0.2) is 12.7 Å². The molecule has 0 spiro atoms. The van der Waals surface area contributed by atoms with Crippen molar-refractivity contribution in [1.82, 2.24) is 4.31 Å². The van der Waals surface area contributed by atoms with Crippen LogP contribution in [-0.4, -0.2) is 38.1 Å². The Morgan fingerprint density at radius 2 is 1.72 bits per heavy atom. The van der Waals surface area contributed by atoms with Gasteiger partial charge in [-0.2, -0.15) is 0 Å². The molecule has 1 rings (SSSR count). The molecule has 0 aliphatic heterocycles. The Morgan fingerprint density at radius 3 is 2.22 bits per heavy atom. The molecule has 0 fully saturated rings. The summed E-state index contributed by atoms with van der Waals surface area (Å²) in [5.74, 6) is 0.0963. The van der Waals surface area contributed by atoms with Crippen LogP contribution in [0, 0.1) is 0 Å². The van der Waals surface area contributed by atoms with Crippen LogP contribution in [0.4, 0.5) is 11.4 Å². The Morgan fingerprint density at radius 1 is 1.17 bits per heavy atom. The standard InChI is InChI=1S/C12H21N3O2S/c1-3-15(4-2)18(16,17)10-9-14-12-7-5-11(13)6-8-12/h5-8,14H,3-4,9-10,13H2,1-2H3. The summed E-state index contributed by atoms with van der Waals surface area (Å²) in [5.41, 5.74) is 7.14. The highest BCUT2D eigenvalue weighted by molar-refractivity contribution is 7.89. The van der Waals surface area contributed by atoms with Crippen molar-refractivity contribution in [3.05, 3.63) is 24.3 Å². The summed E-state index contributed by atoms with van der Waals surface area (Å²) in [6, 6.07) is 7.22. The second-order valence-electron chi connectivity index (χ2n) is 3.95. The minimum Gasteiger partial charge on any atom is -0.399 e. The first-order valence-electron chi connectivity index (χ1n) is 6.06. The summed E-state index contributed by atoms with van der Waals surface area (Å²) < 4.78 is 25.3. The fourth-order valence-corrected chi connectivity index (χ4v) is 3.08. The second kappa shape index (κ2) is 6.61. The number of benzene rings is 1. The monoisotopic (exact) mass is 271 g/mol. The molecule has 0 aliphatic rings. The van der Waals surface area contributed by atoms with Gasteiger partial charge in [-0.05, 0) is 24.3 Å². The number of nitrogens with zero attached hydrogens (tertiary/aromatic N) is 1. The molecule has 0 bridgehead atoms. The van der Waals surface area contributed by atoms with Crippen LogP contribution in [0.2, 0.25) is 0 Å². The van der Waals surface area contributed by atoms with Crippen LogP contribution in [-0.2, 0) is 10.0 Å². The Bertz CT molecular complexity index is 453. The quantitative estimate of drug-likeness (QED) is 0.734. The first-order valence-corrected chi connectivity index (χ1v) is 7.67. The molecule has 1 aromatic rings. The van der Waals surface area contributed by atoms with Crippen LogP contribution in [0.3, 0.4) is 0 Å². The molecule has 1 aromatic carbocycles. The van der Waals surface area contributed by atoms with Crippen LogP contribution in [0.5, 0.6) is 0 Å². The minimum absolute atomic E-state index is 0.0963. The van der Waals surface area contributed by atoms with Crippen molar-refractivity contribution in [2.24, 2.45) is 0 Å². The molecular formula is C12H21N3O2S. The molecule has 0 amide bonds. The van der Waals surface area contributed by atoms with Crippen LogP contribution in [0.25, 0.3) is 0 Å². The van der Waals surface area contributed by atoms with E-state index in [1.165, 1.54) is 4.31 Å². The average molecular weight is 271 g/mol. The molecule has 0 heterocycles. The van der Waals surface area contributed by atoms with Crippen LogP contribution in [0.1, 0.15) is 13.8 Å². The van der Waals surface area contributed by atoms with Crippen LogP contribution in [0.15, 0.2) is 24.3 Å². The summed E-state index contributed by atoms with van der Waals surface area (Å²) in [5, 5.41) is 3.07. The Balaban J connectivity index is 2.48. The molecular weight excluding hydrogens is 250 g/mol. The van der Waals surface area contributed by atoms with E-state index in [-0.39, 0.29) is 5.75 Å². The molecule has 0 atom stereocenters. The van der Waals surface area contributed by atoms with E-state index in [1.54, 1.807) is 12.1 Å². The fourth-order valence-electron chi connectivity index (χ4n) is 1.67. The number of rotatable bonds is 7. The van der Waals surface area contributed by atoms with E-state index < -0.39 is 10.0 Å². The van der Waals surface area contributed by atoms with Crippen molar-refractivity contribution in [3.8, 4) is 0 Å². The molecule has 0 radical (unpaired) electrons. The lowest BCUT2D eigenvalue weighted by molar-refractivity contribution is 0.446. The molecule has 18 heavy (non-hydrogen) atoms. The highest BCUT2D eigenvalue weighted by Crippen LogP contribution is 2.10. The van der Waals surface area contributed by atoms with Gasteiger partial charge in [-0.15, -0.1) is 0 Å². The number of hydrogen-bond donors (Lipinski definition) is 2. The van der Waals surface area contributed by atoms with Gasteiger partial charge in [0, 0.05) is 31.0 Å². The Kier molecular flexibility index (Phi) is 5.43. The molecule has 5 nitrogen and oxygen atoms in total. The lowest BCUT2D eigenvalue weighted by atomic mass is 10.3. The molecule has 102 valence electrons. The first-order chi connectivity index (χ1) is 8.49. The number of nitrogens with two attached hydrogens (primary N) is 1. The zero-order valence-corrected chi connectivity index (χ0v) is 11.7. The molecule has 0 saturated carbocycles. The molecule has 0 unspecified atom stereocenters. The van der Waals surface area contributed by atoms with Gasteiger partial charge >= 0.3 is 0 Å². The summed E-state index contributed by atoms with van der Waals surface area (Å²) in [4.78, 5) is 0. The summed E-state index contributed by atoms with van der Waals surface area (Å²) >= 11 is 0. The van der Waals surface area contributed by atoms with Gasteiger partial charge < -0.3 is 11.1 Å². The SMILES string of the molecule is CCN(CC)S(=O)(=O)CCNc1ccc(N)cc1. The minimum atomic E-state index is -3.15. The predicted molar refractivity (Wildman–Crippen MR) is 76.1 cm³/mol. The maximum absolute atomic E-state index is 11.9. The fraction of sp³-hybridized carbons (Fsp3) is 0.500. The molecule has 6 heteroatoms. The largest absolute Gasteiger partial charge is 0.399 e.